The number of amides is 1. The first-order valence-corrected chi connectivity index (χ1v) is 8.59. The number of methoxy groups -OCH3 is 1. The maximum Gasteiger partial charge on any atom is 0.307 e. The highest BCUT2D eigenvalue weighted by molar-refractivity contribution is 5.80. The van der Waals surface area contributed by atoms with Gasteiger partial charge in [0.15, 0.2) is 0 Å². The lowest BCUT2D eigenvalue weighted by Gasteiger charge is -2.37. The van der Waals surface area contributed by atoms with Crippen molar-refractivity contribution in [3.8, 4) is 0 Å². The van der Waals surface area contributed by atoms with E-state index >= 15 is 0 Å². The summed E-state index contributed by atoms with van der Waals surface area (Å²) in [6.45, 7) is 0.816. The Morgan fingerprint density at radius 3 is 2.24 bits per heavy atom. The molecule has 1 amide bonds. The Hall–Kier alpha value is -1.06. The number of ether oxygens (including phenoxy) is 1. The molecule has 2 fully saturated rings. The number of hydrogen-bond donors (Lipinski definition) is 0. The topological polar surface area (TPSA) is 46.6 Å². The summed E-state index contributed by atoms with van der Waals surface area (Å²) in [6.07, 6.45) is 11.7. The number of hydrogen-bond acceptors (Lipinski definition) is 3. The molecule has 0 aromatic carbocycles. The summed E-state index contributed by atoms with van der Waals surface area (Å²) in [6, 6.07) is 0.0594. The van der Waals surface area contributed by atoms with Crippen LogP contribution >= 0.6 is 0 Å². The highest BCUT2D eigenvalue weighted by atomic mass is 16.5. The molecule has 0 bridgehead atoms. The minimum Gasteiger partial charge on any atom is -0.469 e. The lowest BCUT2D eigenvalue weighted by Crippen LogP contribution is -2.47. The molecule has 1 saturated carbocycles. The van der Waals surface area contributed by atoms with Crippen LogP contribution in [0.4, 0.5) is 0 Å². The smallest absolute Gasteiger partial charge is 0.307 e. The summed E-state index contributed by atoms with van der Waals surface area (Å²) in [5.41, 5.74) is 0. The summed E-state index contributed by atoms with van der Waals surface area (Å²) < 4.78 is 4.79. The first kappa shape index (κ1) is 16.3. The van der Waals surface area contributed by atoms with Crippen molar-refractivity contribution in [1.29, 1.82) is 0 Å². The second kappa shape index (κ2) is 8.40. The fourth-order valence-corrected chi connectivity index (χ4v) is 3.72. The predicted octanol–water partition coefficient (Wildman–Crippen LogP) is 3.29. The van der Waals surface area contributed by atoms with Crippen LogP contribution < -0.4 is 0 Å². The Labute approximate surface area is 128 Å². The van der Waals surface area contributed by atoms with E-state index in [1.807, 2.05) is 4.90 Å². The Balaban J connectivity index is 1.97. The molecule has 0 aromatic heterocycles. The van der Waals surface area contributed by atoms with Crippen LogP contribution in [0.15, 0.2) is 0 Å². The zero-order valence-corrected chi connectivity index (χ0v) is 13.3. The van der Waals surface area contributed by atoms with Crippen molar-refractivity contribution in [3.05, 3.63) is 0 Å². The fourth-order valence-electron chi connectivity index (χ4n) is 3.72. The van der Waals surface area contributed by atoms with Crippen LogP contribution in [-0.2, 0) is 14.3 Å². The van der Waals surface area contributed by atoms with Crippen molar-refractivity contribution >= 4 is 11.9 Å². The molecular formula is C17H29NO3. The van der Waals surface area contributed by atoms with Crippen LogP contribution in [0.2, 0.25) is 0 Å². The zero-order valence-electron chi connectivity index (χ0n) is 13.3. The van der Waals surface area contributed by atoms with Gasteiger partial charge in [0.05, 0.1) is 13.5 Å². The van der Waals surface area contributed by atoms with E-state index < -0.39 is 0 Å². The van der Waals surface area contributed by atoms with Crippen molar-refractivity contribution < 1.29 is 14.3 Å². The fraction of sp³-hybridized carbons (Fsp3) is 0.882. The average Bonchev–Trinajstić information content (AvgIpc) is 2.47. The first-order chi connectivity index (χ1) is 10.2. The van der Waals surface area contributed by atoms with Gasteiger partial charge in [0, 0.05) is 18.5 Å². The molecule has 0 spiro atoms. The van der Waals surface area contributed by atoms with E-state index in [9.17, 15) is 9.59 Å². The van der Waals surface area contributed by atoms with Gasteiger partial charge in [-0.05, 0) is 32.1 Å². The van der Waals surface area contributed by atoms with Crippen LogP contribution in [0, 0.1) is 5.92 Å². The maximum absolute atomic E-state index is 12.9. The van der Waals surface area contributed by atoms with Crippen molar-refractivity contribution in [2.75, 3.05) is 13.7 Å². The minimum atomic E-state index is -0.197. The summed E-state index contributed by atoms with van der Waals surface area (Å²) in [4.78, 5) is 26.4. The van der Waals surface area contributed by atoms with Crippen LogP contribution in [0.5, 0.6) is 0 Å². The lowest BCUT2D eigenvalue weighted by molar-refractivity contribution is -0.146. The van der Waals surface area contributed by atoms with Gasteiger partial charge in [0.2, 0.25) is 5.91 Å². The van der Waals surface area contributed by atoms with E-state index in [1.54, 1.807) is 0 Å². The minimum absolute atomic E-state index is 0.0594. The number of carbonyl (C=O) groups is 2. The van der Waals surface area contributed by atoms with Gasteiger partial charge in [-0.1, -0.05) is 32.1 Å². The Bertz CT molecular complexity index is 348. The zero-order chi connectivity index (χ0) is 15.1. The molecule has 21 heavy (non-hydrogen) atoms. The van der Waals surface area contributed by atoms with Crippen LogP contribution in [0.1, 0.15) is 70.6 Å². The van der Waals surface area contributed by atoms with E-state index in [1.165, 1.54) is 39.2 Å². The van der Waals surface area contributed by atoms with Gasteiger partial charge < -0.3 is 9.64 Å². The second-order valence-electron chi connectivity index (χ2n) is 6.50. The van der Waals surface area contributed by atoms with Crippen LogP contribution in [-0.4, -0.2) is 36.5 Å². The normalized spacial score (nSPS) is 25.0. The Morgan fingerprint density at radius 1 is 0.952 bits per heavy atom. The highest BCUT2D eigenvalue weighted by Crippen LogP contribution is 2.28. The van der Waals surface area contributed by atoms with Gasteiger partial charge in [-0.2, -0.15) is 0 Å². The molecule has 4 heteroatoms. The molecule has 1 saturated heterocycles. The monoisotopic (exact) mass is 295 g/mol. The van der Waals surface area contributed by atoms with Crippen LogP contribution in [0.25, 0.3) is 0 Å². The molecule has 2 rings (SSSR count). The third-order valence-electron chi connectivity index (χ3n) is 4.99. The Morgan fingerprint density at radius 2 is 1.57 bits per heavy atom. The van der Waals surface area contributed by atoms with E-state index in [4.69, 9.17) is 4.74 Å². The molecule has 120 valence electrons. The van der Waals surface area contributed by atoms with E-state index in [-0.39, 0.29) is 17.9 Å². The van der Waals surface area contributed by atoms with Gasteiger partial charge in [-0.25, -0.2) is 0 Å². The molecular weight excluding hydrogens is 266 g/mol. The van der Waals surface area contributed by atoms with E-state index in [0.29, 0.717) is 12.3 Å². The number of esters is 1. The summed E-state index contributed by atoms with van der Waals surface area (Å²) in [7, 11) is 1.42. The molecule has 1 heterocycles. The van der Waals surface area contributed by atoms with Gasteiger partial charge in [-0.15, -0.1) is 0 Å². The van der Waals surface area contributed by atoms with Gasteiger partial charge in [0.25, 0.3) is 0 Å². The lowest BCUT2D eigenvalue weighted by atomic mass is 9.88. The van der Waals surface area contributed by atoms with E-state index in [0.717, 1.165) is 38.6 Å². The molecule has 1 atom stereocenters. The summed E-state index contributed by atoms with van der Waals surface area (Å²) in [5.74, 6) is 0.284. The number of piperidine rings is 1. The third kappa shape index (κ3) is 4.72. The van der Waals surface area contributed by atoms with Crippen molar-refractivity contribution in [2.24, 2.45) is 5.92 Å². The van der Waals surface area contributed by atoms with E-state index in [2.05, 4.69) is 0 Å². The Kier molecular flexibility index (Phi) is 6.52. The largest absolute Gasteiger partial charge is 0.469 e. The number of carbonyl (C=O) groups excluding carboxylic acids is 2. The van der Waals surface area contributed by atoms with Crippen LogP contribution in [0.3, 0.4) is 0 Å². The standard InChI is InChI=1S/C17H29NO3/c1-21-16(19)13-15-11-7-8-12-18(15)17(20)14-9-5-3-2-4-6-10-14/h14-15H,2-13H2,1H3. The highest BCUT2D eigenvalue weighted by Gasteiger charge is 2.32. The first-order valence-electron chi connectivity index (χ1n) is 8.59. The molecule has 1 aliphatic heterocycles. The van der Waals surface area contributed by atoms with Gasteiger partial charge >= 0.3 is 5.97 Å². The molecule has 0 radical (unpaired) electrons. The summed E-state index contributed by atoms with van der Waals surface area (Å²) >= 11 is 0. The predicted molar refractivity (Wildman–Crippen MR) is 81.8 cm³/mol. The molecule has 1 aliphatic carbocycles. The van der Waals surface area contributed by atoms with Gasteiger partial charge in [0.1, 0.15) is 0 Å². The number of likely N-dealkylation sites (tertiary alicyclic amines) is 1. The number of nitrogens with zero attached hydrogens (tertiary/aromatic N) is 1. The third-order valence-corrected chi connectivity index (χ3v) is 4.99. The maximum atomic E-state index is 12.9. The number of rotatable bonds is 3. The quantitative estimate of drug-likeness (QED) is 0.751. The van der Waals surface area contributed by atoms with Gasteiger partial charge in [-0.3, -0.25) is 9.59 Å². The molecule has 0 aromatic rings. The molecule has 4 nitrogen and oxygen atoms in total. The van der Waals surface area contributed by atoms with Crippen molar-refractivity contribution in [2.45, 2.75) is 76.7 Å². The summed E-state index contributed by atoms with van der Waals surface area (Å²) in [5, 5.41) is 0. The van der Waals surface area contributed by atoms with Crippen molar-refractivity contribution in [3.63, 3.8) is 0 Å². The SMILES string of the molecule is COC(=O)CC1CCCCN1C(=O)C1CCCCCCC1. The van der Waals surface area contributed by atoms with Crippen molar-refractivity contribution in [1.82, 2.24) is 4.90 Å². The molecule has 0 N–H and O–H groups in total. The molecule has 1 unspecified atom stereocenters. The molecule has 2 aliphatic rings. The second-order valence-corrected chi connectivity index (χ2v) is 6.50. The average molecular weight is 295 g/mol.